The van der Waals surface area contributed by atoms with Gasteiger partial charge in [0.25, 0.3) is 5.89 Å². The molecule has 7 heteroatoms. The van der Waals surface area contributed by atoms with Gasteiger partial charge in [0.15, 0.2) is 0 Å². The fraction of sp³-hybridized carbons (Fsp3) is 0.167. The number of hydrogen-bond donors (Lipinski definition) is 1. The van der Waals surface area contributed by atoms with Crippen LogP contribution < -0.4 is 0 Å². The molecule has 0 atom stereocenters. The number of aryl methyl sites for hydroxylation is 1. The van der Waals surface area contributed by atoms with Gasteiger partial charge in [-0.25, -0.2) is 0 Å². The molecule has 1 aromatic heterocycles. The van der Waals surface area contributed by atoms with Gasteiger partial charge >= 0.3 is 6.18 Å². The van der Waals surface area contributed by atoms with Crippen molar-refractivity contribution < 1.29 is 22.8 Å². The highest BCUT2D eigenvalue weighted by atomic mass is 19.4. The molecule has 4 nitrogen and oxygen atoms in total. The number of alkyl halides is 3. The first kappa shape index (κ1) is 20.8. The maximum atomic E-state index is 13.8. The number of hydrogen-bond acceptors (Lipinski definition) is 4. The van der Waals surface area contributed by atoms with E-state index >= 15 is 0 Å². The van der Waals surface area contributed by atoms with Crippen LogP contribution in [0.4, 0.5) is 13.2 Å². The summed E-state index contributed by atoms with van der Waals surface area (Å²) in [6.07, 6.45) is -4.01. The van der Waals surface area contributed by atoms with Crippen LogP contribution in [0.1, 0.15) is 16.7 Å². The van der Waals surface area contributed by atoms with Crippen LogP contribution in [-0.2, 0) is 12.6 Å². The molecule has 4 rings (SSSR count). The molecule has 0 unspecified atom stereocenters. The van der Waals surface area contributed by atoms with Gasteiger partial charge in [0.2, 0.25) is 5.82 Å². The zero-order valence-corrected chi connectivity index (χ0v) is 16.6. The van der Waals surface area contributed by atoms with Crippen molar-refractivity contribution in [1.82, 2.24) is 10.1 Å². The Kier molecular flexibility index (Phi) is 5.61. The van der Waals surface area contributed by atoms with Crippen molar-refractivity contribution in [2.24, 2.45) is 0 Å². The Morgan fingerprint density at radius 1 is 0.903 bits per heavy atom. The van der Waals surface area contributed by atoms with Gasteiger partial charge in [-0.3, -0.25) is 0 Å². The Labute approximate surface area is 177 Å². The van der Waals surface area contributed by atoms with Gasteiger partial charge in [0, 0.05) is 17.7 Å². The van der Waals surface area contributed by atoms with Crippen molar-refractivity contribution in [3.05, 3.63) is 83.4 Å². The minimum Gasteiger partial charge on any atom is -0.396 e. The maximum Gasteiger partial charge on any atom is 0.417 e. The van der Waals surface area contributed by atoms with Crippen LogP contribution in [0.25, 0.3) is 34.0 Å². The van der Waals surface area contributed by atoms with Crippen molar-refractivity contribution in [3.63, 3.8) is 0 Å². The molecule has 0 aliphatic heterocycles. The molecule has 158 valence electrons. The van der Waals surface area contributed by atoms with Crippen LogP contribution in [-0.4, -0.2) is 21.9 Å². The molecule has 0 aliphatic rings. The highest BCUT2D eigenvalue weighted by molar-refractivity contribution is 5.74. The topological polar surface area (TPSA) is 59.2 Å². The average molecular weight is 424 g/mol. The molecule has 0 saturated carbocycles. The van der Waals surface area contributed by atoms with Crippen LogP contribution >= 0.6 is 0 Å². The number of aliphatic hydroxyl groups excluding tert-OH is 1. The van der Waals surface area contributed by atoms with Crippen molar-refractivity contribution in [2.75, 3.05) is 6.61 Å². The van der Waals surface area contributed by atoms with Crippen molar-refractivity contribution in [3.8, 4) is 34.0 Å². The zero-order chi connectivity index (χ0) is 22.0. The maximum absolute atomic E-state index is 13.8. The number of nitrogens with zero attached hydrogens (tertiary/aromatic N) is 2. The van der Waals surface area contributed by atoms with E-state index in [9.17, 15) is 13.2 Å². The number of aromatic nitrogens is 2. The molecule has 0 saturated heterocycles. The standard InChI is InChI=1S/C24H19F3N2O2/c1-15-4-2-3-5-19(15)20-11-10-18(14-21(20)24(25,26)27)23-28-22(29-31-23)17-8-6-16(7-9-17)12-13-30/h2-11,14,30H,12-13H2,1H3. The Balaban J connectivity index is 1.72. The third kappa shape index (κ3) is 4.36. The number of benzene rings is 3. The highest BCUT2D eigenvalue weighted by Gasteiger charge is 2.34. The molecule has 3 aromatic carbocycles. The largest absolute Gasteiger partial charge is 0.417 e. The lowest BCUT2D eigenvalue weighted by molar-refractivity contribution is -0.137. The lowest BCUT2D eigenvalue weighted by Gasteiger charge is -2.15. The number of aliphatic hydroxyl groups is 1. The average Bonchev–Trinajstić information content (AvgIpc) is 3.24. The van der Waals surface area contributed by atoms with Crippen molar-refractivity contribution in [2.45, 2.75) is 19.5 Å². The third-order valence-corrected chi connectivity index (χ3v) is 5.05. The molecule has 0 fully saturated rings. The Morgan fingerprint density at radius 2 is 1.61 bits per heavy atom. The van der Waals surface area contributed by atoms with Gasteiger partial charge in [-0.05, 0) is 47.7 Å². The van der Waals surface area contributed by atoms with Crippen LogP contribution in [0, 0.1) is 6.92 Å². The van der Waals surface area contributed by atoms with Gasteiger partial charge in [0.1, 0.15) is 0 Å². The lowest BCUT2D eigenvalue weighted by Crippen LogP contribution is -2.08. The molecule has 4 aromatic rings. The van der Waals surface area contributed by atoms with E-state index in [1.807, 2.05) is 12.1 Å². The third-order valence-electron chi connectivity index (χ3n) is 5.05. The van der Waals surface area contributed by atoms with Crippen molar-refractivity contribution >= 4 is 0 Å². The normalized spacial score (nSPS) is 11.6. The van der Waals surface area contributed by atoms with E-state index in [1.54, 1.807) is 49.4 Å². The SMILES string of the molecule is Cc1ccccc1-c1ccc(-c2nc(-c3ccc(CCO)cc3)no2)cc1C(F)(F)F. The molecule has 31 heavy (non-hydrogen) atoms. The summed E-state index contributed by atoms with van der Waals surface area (Å²) in [6.45, 7) is 1.82. The first-order valence-electron chi connectivity index (χ1n) is 9.68. The van der Waals surface area contributed by atoms with E-state index in [0.717, 1.165) is 17.2 Å². The fourth-order valence-corrected chi connectivity index (χ4v) is 3.43. The van der Waals surface area contributed by atoms with Gasteiger partial charge in [-0.1, -0.05) is 59.8 Å². The van der Waals surface area contributed by atoms with E-state index in [4.69, 9.17) is 9.63 Å². The molecule has 0 radical (unpaired) electrons. The van der Waals surface area contributed by atoms with Crippen LogP contribution in [0.15, 0.2) is 71.3 Å². The Morgan fingerprint density at radius 3 is 2.29 bits per heavy atom. The van der Waals surface area contributed by atoms with Crippen LogP contribution in [0.5, 0.6) is 0 Å². The lowest BCUT2D eigenvalue weighted by atomic mass is 9.94. The second kappa shape index (κ2) is 8.35. The minimum atomic E-state index is -4.54. The summed E-state index contributed by atoms with van der Waals surface area (Å²) in [5.41, 5.74) is 2.45. The summed E-state index contributed by atoms with van der Waals surface area (Å²) in [7, 11) is 0. The molecular formula is C24H19F3N2O2. The van der Waals surface area contributed by atoms with E-state index < -0.39 is 11.7 Å². The highest BCUT2D eigenvalue weighted by Crippen LogP contribution is 2.40. The second-order valence-electron chi connectivity index (χ2n) is 7.17. The second-order valence-corrected chi connectivity index (χ2v) is 7.17. The minimum absolute atomic E-state index is 0.0104. The van der Waals surface area contributed by atoms with Crippen molar-refractivity contribution in [1.29, 1.82) is 0 Å². The van der Waals surface area contributed by atoms with E-state index in [0.29, 0.717) is 17.5 Å². The first-order chi connectivity index (χ1) is 14.9. The van der Waals surface area contributed by atoms with Gasteiger partial charge in [0.05, 0.1) is 5.56 Å². The summed E-state index contributed by atoms with van der Waals surface area (Å²) in [6, 6.07) is 18.2. The van der Waals surface area contributed by atoms with E-state index in [2.05, 4.69) is 10.1 Å². The summed E-state index contributed by atoms with van der Waals surface area (Å²) in [5.74, 6) is 0.290. The summed E-state index contributed by atoms with van der Waals surface area (Å²) in [4.78, 5) is 4.28. The molecule has 0 aliphatic carbocycles. The molecule has 1 N–H and O–H groups in total. The molecule has 0 bridgehead atoms. The summed E-state index contributed by atoms with van der Waals surface area (Å²) in [5, 5.41) is 12.9. The Hall–Kier alpha value is -3.45. The zero-order valence-electron chi connectivity index (χ0n) is 16.6. The van der Waals surface area contributed by atoms with Gasteiger partial charge in [-0.2, -0.15) is 18.2 Å². The quantitative estimate of drug-likeness (QED) is 0.431. The van der Waals surface area contributed by atoms with E-state index in [-0.39, 0.29) is 29.4 Å². The Bertz CT molecular complexity index is 1200. The number of rotatable bonds is 5. The van der Waals surface area contributed by atoms with E-state index in [1.165, 1.54) is 6.07 Å². The smallest absolute Gasteiger partial charge is 0.396 e. The van der Waals surface area contributed by atoms with Crippen LogP contribution in [0.2, 0.25) is 0 Å². The van der Waals surface area contributed by atoms with Gasteiger partial charge < -0.3 is 9.63 Å². The fourth-order valence-electron chi connectivity index (χ4n) is 3.43. The molecular weight excluding hydrogens is 405 g/mol. The molecule has 1 heterocycles. The monoisotopic (exact) mass is 424 g/mol. The van der Waals surface area contributed by atoms with Crippen LogP contribution in [0.3, 0.4) is 0 Å². The summed E-state index contributed by atoms with van der Waals surface area (Å²) < 4.78 is 46.8. The molecule has 0 amide bonds. The van der Waals surface area contributed by atoms with Gasteiger partial charge in [-0.15, -0.1) is 0 Å². The number of halogens is 3. The molecule has 0 spiro atoms. The predicted octanol–water partition coefficient (Wildman–Crippen LogP) is 5.93. The summed E-state index contributed by atoms with van der Waals surface area (Å²) >= 11 is 0. The first-order valence-corrected chi connectivity index (χ1v) is 9.68. The predicted molar refractivity (Wildman–Crippen MR) is 111 cm³/mol.